The molecule has 41 heavy (non-hydrogen) atoms. The lowest BCUT2D eigenvalue weighted by Gasteiger charge is -2.12. The average molecular weight is 554 g/mol. The molecule has 3 heterocycles. The summed E-state index contributed by atoms with van der Waals surface area (Å²) in [6.45, 7) is 3.07. The van der Waals surface area contributed by atoms with Crippen LogP contribution in [0.25, 0.3) is 11.3 Å². The second-order valence-electron chi connectivity index (χ2n) is 8.92. The lowest BCUT2D eigenvalue weighted by atomic mass is 10.2. The molecule has 0 radical (unpaired) electrons. The fourth-order valence-corrected chi connectivity index (χ4v) is 3.94. The molecular formula is C30H28FN7O3. The van der Waals surface area contributed by atoms with Crippen LogP contribution in [0.15, 0.2) is 91.8 Å². The first-order valence-corrected chi connectivity index (χ1v) is 13.1. The zero-order chi connectivity index (χ0) is 28.4. The average Bonchev–Trinajstić information content (AvgIpc) is 3.51. The Morgan fingerprint density at radius 3 is 2.59 bits per heavy atom. The van der Waals surface area contributed by atoms with Crippen LogP contribution in [0.2, 0.25) is 0 Å². The molecule has 0 atom stereocenters. The molecule has 0 saturated carbocycles. The monoisotopic (exact) mass is 553 g/mol. The van der Waals surface area contributed by atoms with Gasteiger partial charge in [-0.2, -0.15) is 0 Å². The van der Waals surface area contributed by atoms with Crippen molar-refractivity contribution in [1.82, 2.24) is 24.5 Å². The number of rotatable bonds is 11. The third-order valence-corrected chi connectivity index (χ3v) is 5.96. The predicted molar refractivity (Wildman–Crippen MR) is 153 cm³/mol. The van der Waals surface area contributed by atoms with E-state index < -0.39 is 11.8 Å². The number of carbonyl (C=O) groups is 1. The first-order chi connectivity index (χ1) is 20.1. The van der Waals surface area contributed by atoms with Crippen molar-refractivity contribution in [1.29, 1.82) is 0 Å². The summed E-state index contributed by atoms with van der Waals surface area (Å²) in [5, 5.41) is 5.35. The van der Waals surface area contributed by atoms with Gasteiger partial charge in [-0.1, -0.05) is 6.92 Å². The van der Waals surface area contributed by atoms with E-state index >= 15 is 0 Å². The summed E-state index contributed by atoms with van der Waals surface area (Å²) in [7, 11) is 0. The highest BCUT2D eigenvalue weighted by atomic mass is 19.1. The number of pyridine rings is 1. The lowest BCUT2D eigenvalue weighted by molar-refractivity contribution is 0.262. The molecule has 0 unspecified atom stereocenters. The Hall–Kier alpha value is -5.32. The number of nitrogens with zero attached hydrogens (tertiary/aromatic N) is 5. The van der Waals surface area contributed by atoms with Crippen LogP contribution in [0, 0.1) is 5.82 Å². The van der Waals surface area contributed by atoms with E-state index in [9.17, 15) is 9.18 Å². The lowest BCUT2D eigenvalue weighted by Crippen LogP contribution is -2.19. The van der Waals surface area contributed by atoms with Gasteiger partial charge in [0.1, 0.15) is 11.6 Å². The van der Waals surface area contributed by atoms with E-state index in [0.29, 0.717) is 36.0 Å². The minimum atomic E-state index is -0.561. The SMILES string of the molecule is CCc1nccc(-c2cccnc2Oc2ccc(NC(=O)Nc3ccc(OCCCn4ccnc4)c(F)c3)cc2)n1. The number of ether oxygens (including phenoxy) is 2. The minimum Gasteiger partial charge on any atom is -0.490 e. The van der Waals surface area contributed by atoms with E-state index in [2.05, 4.69) is 30.6 Å². The molecule has 0 fully saturated rings. The fourth-order valence-electron chi connectivity index (χ4n) is 3.94. The highest BCUT2D eigenvalue weighted by Crippen LogP contribution is 2.30. The first-order valence-electron chi connectivity index (χ1n) is 13.1. The molecule has 0 aliphatic heterocycles. The van der Waals surface area contributed by atoms with E-state index in [-0.39, 0.29) is 5.75 Å². The van der Waals surface area contributed by atoms with Crippen molar-refractivity contribution >= 4 is 17.4 Å². The molecule has 10 nitrogen and oxygen atoms in total. The molecule has 3 aromatic heterocycles. The third kappa shape index (κ3) is 7.41. The number of hydrogen-bond acceptors (Lipinski definition) is 7. The molecule has 11 heteroatoms. The van der Waals surface area contributed by atoms with Crippen LogP contribution in [-0.2, 0) is 13.0 Å². The summed E-state index contributed by atoms with van der Waals surface area (Å²) >= 11 is 0. The van der Waals surface area contributed by atoms with Gasteiger partial charge in [-0.15, -0.1) is 0 Å². The standard InChI is InChI=1S/C30H28FN7O3/c1-2-28-33-14-12-26(37-28)24-5-3-13-34-29(24)41-23-9-6-21(7-10-23)35-30(39)36-22-8-11-27(25(31)19-22)40-18-4-16-38-17-15-32-20-38/h3,5-15,17,19-20H,2,4,16,18H2,1H3,(H2,35,36,39). The Kier molecular flexibility index (Phi) is 8.75. The summed E-state index contributed by atoms with van der Waals surface area (Å²) in [6.07, 6.45) is 10.1. The van der Waals surface area contributed by atoms with Crippen molar-refractivity contribution in [2.24, 2.45) is 0 Å². The van der Waals surface area contributed by atoms with E-state index in [1.807, 2.05) is 35.9 Å². The summed E-state index contributed by atoms with van der Waals surface area (Å²) in [4.78, 5) is 29.6. The van der Waals surface area contributed by atoms with Gasteiger partial charge >= 0.3 is 6.03 Å². The summed E-state index contributed by atoms with van der Waals surface area (Å²) < 4.78 is 28.0. The van der Waals surface area contributed by atoms with Gasteiger partial charge in [0.15, 0.2) is 11.6 Å². The molecule has 2 amide bonds. The van der Waals surface area contributed by atoms with Crippen LogP contribution in [0.3, 0.4) is 0 Å². The third-order valence-electron chi connectivity index (χ3n) is 5.96. The normalized spacial score (nSPS) is 10.7. The Bertz CT molecular complexity index is 1590. The van der Waals surface area contributed by atoms with Crippen LogP contribution >= 0.6 is 0 Å². The Morgan fingerprint density at radius 2 is 1.80 bits per heavy atom. The highest BCUT2D eigenvalue weighted by molar-refractivity contribution is 5.99. The van der Waals surface area contributed by atoms with E-state index in [1.165, 1.54) is 12.1 Å². The second kappa shape index (κ2) is 13.2. The molecule has 0 aliphatic carbocycles. The summed E-state index contributed by atoms with van der Waals surface area (Å²) in [5.74, 6) is 1.23. The van der Waals surface area contributed by atoms with Gasteiger partial charge in [0.25, 0.3) is 0 Å². The van der Waals surface area contributed by atoms with Gasteiger partial charge < -0.3 is 24.7 Å². The molecule has 0 spiro atoms. The van der Waals surface area contributed by atoms with Gasteiger partial charge in [0.2, 0.25) is 5.88 Å². The van der Waals surface area contributed by atoms with Crippen molar-refractivity contribution in [3.63, 3.8) is 0 Å². The van der Waals surface area contributed by atoms with Gasteiger partial charge in [-0.05, 0) is 61.0 Å². The summed E-state index contributed by atoms with van der Waals surface area (Å²) in [5.41, 5.74) is 2.28. The maximum atomic E-state index is 14.5. The molecule has 0 aliphatic rings. The molecule has 5 aromatic rings. The number of aromatic nitrogens is 5. The van der Waals surface area contributed by atoms with E-state index in [4.69, 9.17) is 9.47 Å². The number of carbonyl (C=O) groups excluding carboxylic acids is 1. The number of imidazole rings is 1. The number of aryl methyl sites for hydroxylation is 2. The van der Waals surface area contributed by atoms with Crippen LogP contribution in [-0.4, -0.2) is 37.1 Å². The van der Waals surface area contributed by atoms with Crippen molar-refractivity contribution in [3.8, 4) is 28.6 Å². The topological polar surface area (TPSA) is 116 Å². The predicted octanol–water partition coefficient (Wildman–Crippen LogP) is 6.34. The molecule has 2 aromatic carbocycles. The van der Waals surface area contributed by atoms with Gasteiger partial charge in [-0.3, -0.25) is 0 Å². The fraction of sp³-hybridized carbons (Fsp3) is 0.167. The molecule has 2 N–H and O–H groups in total. The molecule has 208 valence electrons. The van der Waals surface area contributed by atoms with Crippen molar-refractivity contribution in [2.75, 3.05) is 17.2 Å². The number of nitrogens with one attached hydrogen (secondary N) is 2. The minimum absolute atomic E-state index is 0.124. The zero-order valence-electron chi connectivity index (χ0n) is 22.3. The van der Waals surface area contributed by atoms with Crippen LogP contribution in [0.5, 0.6) is 17.4 Å². The van der Waals surface area contributed by atoms with Crippen molar-refractivity contribution in [3.05, 3.63) is 103 Å². The maximum Gasteiger partial charge on any atom is 0.323 e. The van der Waals surface area contributed by atoms with Crippen molar-refractivity contribution in [2.45, 2.75) is 26.3 Å². The number of halogens is 1. The number of benzene rings is 2. The van der Waals surface area contributed by atoms with Crippen LogP contribution < -0.4 is 20.1 Å². The Balaban J connectivity index is 1.14. The Morgan fingerprint density at radius 1 is 0.976 bits per heavy atom. The molecular weight excluding hydrogens is 525 g/mol. The van der Waals surface area contributed by atoms with Gasteiger partial charge in [-0.25, -0.2) is 29.1 Å². The first kappa shape index (κ1) is 27.3. The number of amides is 2. The maximum absolute atomic E-state index is 14.5. The quantitative estimate of drug-likeness (QED) is 0.183. The number of anilines is 2. The van der Waals surface area contributed by atoms with E-state index in [0.717, 1.165) is 30.0 Å². The van der Waals surface area contributed by atoms with Gasteiger partial charge in [0.05, 0.1) is 24.2 Å². The number of urea groups is 1. The van der Waals surface area contributed by atoms with Crippen LogP contribution in [0.1, 0.15) is 19.2 Å². The zero-order valence-corrected chi connectivity index (χ0v) is 22.3. The number of hydrogen-bond donors (Lipinski definition) is 2. The van der Waals surface area contributed by atoms with Gasteiger partial charge in [0, 0.05) is 55.2 Å². The molecule has 0 saturated heterocycles. The smallest absolute Gasteiger partial charge is 0.323 e. The van der Waals surface area contributed by atoms with E-state index in [1.54, 1.807) is 55.2 Å². The molecule has 5 rings (SSSR count). The van der Waals surface area contributed by atoms with Crippen LogP contribution in [0.4, 0.5) is 20.6 Å². The van der Waals surface area contributed by atoms with Crippen molar-refractivity contribution < 1.29 is 18.7 Å². The highest BCUT2D eigenvalue weighted by Gasteiger charge is 2.12. The second-order valence-corrected chi connectivity index (χ2v) is 8.92. The summed E-state index contributed by atoms with van der Waals surface area (Å²) in [6, 6.07) is 16.1. The largest absolute Gasteiger partial charge is 0.490 e. The Labute approximate surface area is 236 Å². The molecule has 0 bridgehead atoms.